The van der Waals surface area contributed by atoms with Crippen molar-refractivity contribution < 1.29 is 4.74 Å². The van der Waals surface area contributed by atoms with Crippen LogP contribution in [0.1, 0.15) is 0 Å². The summed E-state index contributed by atoms with van der Waals surface area (Å²) >= 11 is 3.13. The van der Waals surface area contributed by atoms with Crippen molar-refractivity contribution in [3.63, 3.8) is 0 Å². The lowest BCUT2D eigenvalue weighted by Gasteiger charge is -2.04. The monoisotopic (exact) mass is 367 g/mol. The number of thiophene rings is 1. The molecule has 25 heavy (non-hydrogen) atoms. The van der Waals surface area contributed by atoms with E-state index in [1.165, 1.54) is 11.3 Å². The van der Waals surface area contributed by atoms with Crippen molar-refractivity contribution in [3.8, 4) is 26.9 Å². The van der Waals surface area contributed by atoms with E-state index in [1.54, 1.807) is 18.4 Å². The Morgan fingerprint density at radius 3 is 2.48 bits per heavy atom. The molecule has 0 unspecified atom stereocenters. The standard InChI is InChI=1S/C17H13N5OS2/c1-23-12-6-4-11(5-7-12)13-8-9-15(20-19-13)18-17-22-21-16(25-17)14-3-2-10-24-14/h2-10H,1H3,(H,18,20,22). The smallest absolute Gasteiger partial charge is 0.211 e. The fourth-order valence-electron chi connectivity index (χ4n) is 2.20. The number of rotatable bonds is 5. The molecule has 0 bridgehead atoms. The van der Waals surface area contributed by atoms with Crippen molar-refractivity contribution in [3.05, 3.63) is 53.9 Å². The maximum Gasteiger partial charge on any atom is 0.211 e. The van der Waals surface area contributed by atoms with Crippen LogP contribution in [0, 0.1) is 0 Å². The molecular formula is C17H13N5OS2. The largest absolute Gasteiger partial charge is 0.497 e. The molecule has 0 saturated heterocycles. The first-order valence-electron chi connectivity index (χ1n) is 7.44. The van der Waals surface area contributed by atoms with Crippen molar-refractivity contribution in [2.75, 3.05) is 12.4 Å². The molecule has 1 N–H and O–H groups in total. The summed E-state index contributed by atoms with van der Waals surface area (Å²) in [6.45, 7) is 0. The van der Waals surface area contributed by atoms with Gasteiger partial charge in [-0.15, -0.1) is 31.7 Å². The summed E-state index contributed by atoms with van der Waals surface area (Å²) in [5.74, 6) is 1.44. The predicted octanol–water partition coefficient (Wildman–Crippen LogP) is 4.48. The second-order valence-electron chi connectivity index (χ2n) is 5.05. The van der Waals surface area contributed by atoms with Gasteiger partial charge >= 0.3 is 0 Å². The minimum absolute atomic E-state index is 0.631. The van der Waals surface area contributed by atoms with Gasteiger partial charge < -0.3 is 10.1 Å². The number of aromatic nitrogens is 4. The molecule has 4 aromatic rings. The van der Waals surface area contributed by atoms with Gasteiger partial charge in [-0.25, -0.2) is 0 Å². The molecule has 3 heterocycles. The van der Waals surface area contributed by atoms with E-state index < -0.39 is 0 Å². The molecule has 1 aromatic carbocycles. The molecule has 124 valence electrons. The van der Waals surface area contributed by atoms with Crippen molar-refractivity contribution in [2.24, 2.45) is 0 Å². The van der Waals surface area contributed by atoms with Crippen LogP contribution < -0.4 is 10.1 Å². The van der Waals surface area contributed by atoms with Gasteiger partial charge in [-0.2, -0.15) is 0 Å². The first kappa shape index (κ1) is 15.7. The first-order chi connectivity index (χ1) is 12.3. The predicted molar refractivity (Wildman–Crippen MR) is 101 cm³/mol. The molecule has 0 fully saturated rings. The molecule has 3 aromatic heterocycles. The van der Waals surface area contributed by atoms with E-state index in [2.05, 4.69) is 25.7 Å². The van der Waals surface area contributed by atoms with E-state index in [0.717, 1.165) is 26.9 Å². The number of anilines is 2. The lowest BCUT2D eigenvalue weighted by atomic mass is 10.1. The normalized spacial score (nSPS) is 10.6. The molecule has 0 aliphatic rings. The second kappa shape index (κ2) is 6.96. The molecule has 0 amide bonds. The Morgan fingerprint density at radius 2 is 1.80 bits per heavy atom. The van der Waals surface area contributed by atoms with Gasteiger partial charge in [0.1, 0.15) is 5.75 Å². The third-order valence-corrected chi connectivity index (χ3v) is 5.32. The summed E-state index contributed by atoms with van der Waals surface area (Å²) in [4.78, 5) is 1.10. The molecule has 6 nitrogen and oxygen atoms in total. The maximum absolute atomic E-state index is 5.16. The van der Waals surface area contributed by atoms with Crippen LogP contribution in [0.3, 0.4) is 0 Å². The van der Waals surface area contributed by atoms with E-state index in [0.29, 0.717) is 10.9 Å². The van der Waals surface area contributed by atoms with Crippen molar-refractivity contribution in [1.82, 2.24) is 20.4 Å². The Morgan fingerprint density at radius 1 is 0.920 bits per heavy atom. The zero-order valence-electron chi connectivity index (χ0n) is 13.2. The topological polar surface area (TPSA) is 72.8 Å². The van der Waals surface area contributed by atoms with Crippen LogP contribution in [0.4, 0.5) is 10.9 Å². The van der Waals surface area contributed by atoms with Gasteiger partial charge in [-0.05, 0) is 47.8 Å². The van der Waals surface area contributed by atoms with E-state index in [-0.39, 0.29) is 0 Å². The van der Waals surface area contributed by atoms with Crippen LogP contribution in [-0.2, 0) is 0 Å². The minimum Gasteiger partial charge on any atom is -0.497 e. The van der Waals surface area contributed by atoms with Gasteiger partial charge in [-0.3, -0.25) is 0 Å². The molecule has 8 heteroatoms. The summed E-state index contributed by atoms with van der Waals surface area (Å²) in [6, 6.07) is 15.5. The highest BCUT2D eigenvalue weighted by Gasteiger charge is 2.08. The Balaban J connectivity index is 1.48. The maximum atomic E-state index is 5.16. The average molecular weight is 367 g/mol. The summed E-state index contributed by atoms with van der Waals surface area (Å²) in [5.41, 5.74) is 1.78. The fraction of sp³-hybridized carbons (Fsp3) is 0.0588. The minimum atomic E-state index is 0.631. The van der Waals surface area contributed by atoms with Crippen molar-refractivity contribution >= 4 is 33.6 Å². The van der Waals surface area contributed by atoms with Crippen LogP contribution in [-0.4, -0.2) is 27.5 Å². The second-order valence-corrected chi connectivity index (χ2v) is 6.97. The first-order valence-corrected chi connectivity index (χ1v) is 9.14. The van der Waals surface area contributed by atoms with Gasteiger partial charge in [-0.1, -0.05) is 17.4 Å². The van der Waals surface area contributed by atoms with Crippen molar-refractivity contribution in [1.29, 1.82) is 0 Å². The SMILES string of the molecule is COc1ccc(-c2ccc(Nc3nnc(-c4cccs4)s3)nn2)cc1. The summed E-state index contributed by atoms with van der Waals surface area (Å²) < 4.78 is 5.16. The zero-order valence-corrected chi connectivity index (χ0v) is 14.8. The molecule has 0 aliphatic heterocycles. The Bertz CT molecular complexity index is 950. The molecule has 0 spiro atoms. The lowest BCUT2D eigenvalue weighted by molar-refractivity contribution is 0.415. The number of nitrogens with one attached hydrogen (secondary N) is 1. The molecule has 0 saturated carbocycles. The van der Waals surface area contributed by atoms with E-state index >= 15 is 0 Å². The zero-order chi connectivity index (χ0) is 17.1. The summed E-state index contributed by atoms with van der Waals surface area (Å²) in [7, 11) is 1.65. The summed E-state index contributed by atoms with van der Waals surface area (Å²) in [6.07, 6.45) is 0. The van der Waals surface area contributed by atoms with E-state index in [9.17, 15) is 0 Å². The van der Waals surface area contributed by atoms with Crippen LogP contribution >= 0.6 is 22.7 Å². The molecular weight excluding hydrogens is 354 g/mol. The van der Waals surface area contributed by atoms with Gasteiger partial charge in [0.05, 0.1) is 17.7 Å². The Labute approximate surface area is 152 Å². The average Bonchev–Trinajstić information content (AvgIpc) is 3.34. The van der Waals surface area contributed by atoms with Crippen molar-refractivity contribution in [2.45, 2.75) is 0 Å². The molecule has 0 aliphatic carbocycles. The molecule has 0 atom stereocenters. The number of ether oxygens (including phenoxy) is 1. The lowest BCUT2D eigenvalue weighted by Crippen LogP contribution is -1.96. The highest BCUT2D eigenvalue weighted by atomic mass is 32.1. The van der Waals surface area contributed by atoms with Crippen LogP contribution in [0.5, 0.6) is 5.75 Å². The van der Waals surface area contributed by atoms with E-state index in [4.69, 9.17) is 4.74 Å². The summed E-state index contributed by atoms with van der Waals surface area (Å²) in [5, 5.41) is 23.6. The van der Waals surface area contributed by atoms with Gasteiger partial charge in [0.2, 0.25) is 5.13 Å². The highest BCUT2D eigenvalue weighted by molar-refractivity contribution is 7.22. The highest BCUT2D eigenvalue weighted by Crippen LogP contribution is 2.30. The fourth-order valence-corrected chi connectivity index (χ4v) is 3.74. The van der Waals surface area contributed by atoms with Gasteiger partial charge in [0.15, 0.2) is 10.8 Å². The number of hydrogen-bond donors (Lipinski definition) is 1. The van der Waals surface area contributed by atoms with Crippen LogP contribution in [0.25, 0.3) is 21.1 Å². The third kappa shape index (κ3) is 3.49. The quantitative estimate of drug-likeness (QED) is 0.561. The van der Waals surface area contributed by atoms with Gasteiger partial charge in [0, 0.05) is 5.56 Å². The van der Waals surface area contributed by atoms with Crippen LogP contribution in [0.2, 0.25) is 0 Å². The Kier molecular flexibility index (Phi) is 4.36. The van der Waals surface area contributed by atoms with E-state index in [1.807, 2.05) is 53.9 Å². The van der Waals surface area contributed by atoms with Gasteiger partial charge in [0.25, 0.3) is 0 Å². The number of nitrogens with zero attached hydrogens (tertiary/aromatic N) is 4. The third-order valence-electron chi connectivity index (χ3n) is 3.44. The molecule has 0 radical (unpaired) electrons. The van der Waals surface area contributed by atoms with Crippen LogP contribution in [0.15, 0.2) is 53.9 Å². The number of methoxy groups -OCH3 is 1. The Hall–Kier alpha value is -2.84. The number of benzene rings is 1. The molecule has 4 rings (SSSR count). The number of hydrogen-bond acceptors (Lipinski definition) is 8.